The maximum absolute atomic E-state index is 8.82. The molecular formula is C24H19N. The summed E-state index contributed by atoms with van der Waals surface area (Å²) in [6.45, 7) is 2.12. The lowest BCUT2D eigenvalue weighted by Crippen LogP contribution is -1.79. The number of benzene rings is 3. The van der Waals surface area contributed by atoms with E-state index in [4.69, 9.17) is 5.26 Å². The Kier molecular flexibility index (Phi) is 5.24. The van der Waals surface area contributed by atoms with Crippen LogP contribution >= 0.6 is 0 Å². The second-order valence-electron chi connectivity index (χ2n) is 5.92. The van der Waals surface area contributed by atoms with E-state index < -0.39 is 0 Å². The standard InChI is InChI=1S/C24H19N/c1-19-4-2-3-5-24(19)17-16-22-10-8-20(9-11-22)6-7-21-12-14-23(18-25)15-13-21/h2-17H,1H3. The summed E-state index contributed by atoms with van der Waals surface area (Å²) in [6.07, 6.45) is 8.42. The van der Waals surface area contributed by atoms with Crippen LogP contribution in [0, 0.1) is 18.3 Å². The first kappa shape index (κ1) is 16.5. The van der Waals surface area contributed by atoms with Crippen molar-refractivity contribution in [3.63, 3.8) is 0 Å². The molecule has 3 aromatic rings. The van der Waals surface area contributed by atoms with Crippen molar-refractivity contribution in [1.29, 1.82) is 5.26 Å². The van der Waals surface area contributed by atoms with E-state index in [9.17, 15) is 0 Å². The highest BCUT2D eigenvalue weighted by Crippen LogP contribution is 2.14. The first-order chi connectivity index (χ1) is 12.2. The number of rotatable bonds is 4. The lowest BCUT2D eigenvalue weighted by Gasteiger charge is -2.00. The fourth-order valence-corrected chi connectivity index (χ4v) is 2.54. The third-order valence-corrected chi connectivity index (χ3v) is 4.09. The lowest BCUT2D eigenvalue weighted by molar-refractivity contribution is 1.45. The van der Waals surface area contributed by atoms with Crippen LogP contribution in [-0.4, -0.2) is 0 Å². The molecule has 0 saturated heterocycles. The van der Waals surface area contributed by atoms with Gasteiger partial charge in [-0.05, 0) is 46.9 Å². The molecule has 3 aromatic carbocycles. The monoisotopic (exact) mass is 321 g/mol. The van der Waals surface area contributed by atoms with Crippen molar-refractivity contribution in [2.75, 3.05) is 0 Å². The molecule has 25 heavy (non-hydrogen) atoms. The molecule has 0 N–H and O–H groups in total. The predicted octanol–water partition coefficient (Wildman–Crippen LogP) is 6.21. The first-order valence-corrected chi connectivity index (χ1v) is 8.27. The molecule has 0 heterocycles. The third kappa shape index (κ3) is 4.56. The Morgan fingerprint density at radius 3 is 1.64 bits per heavy atom. The Balaban J connectivity index is 1.68. The predicted molar refractivity (Wildman–Crippen MR) is 107 cm³/mol. The molecule has 0 radical (unpaired) electrons. The highest BCUT2D eigenvalue weighted by atomic mass is 14.2. The first-order valence-electron chi connectivity index (χ1n) is 8.27. The van der Waals surface area contributed by atoms with Crippen LogP contribution in [0.4, 0.5) is 0 Å². The zero-order chi connectivity index (χ0) is 17.5. The summed E-state index contributed by atoms with van der Waals surface area (Å²) in [7, 11) is 0. The Hall–Kier alpha value is -3.37. The van der Waals surface area contributed by atoms with E-state index in [1.54, 1.807) is 0 Å². The number of hydrogen-bond donors (Lipinski definition) is 0. The minimum atomic E-state index is 0.682. The molecule has 0 fully saturated rings. The van der Waals surface area contributed by atoms with E-state index in [-0.39, 0.29) is 0 Å². The van der Waals surface area contributed by atoms with Gasteiger partial charge in [0.05, 0.1) is 11.6 Å². The van der Waals surface area contributed by atoms with Crippen LogP contribution in [0.15, 0.2) is 72.8 Å². The largest absolute Gasteiger partial charge is 0.192 e. The highest BCUT2D eigenvalue weighted by molar-refractivity contribution is 5.73. The van der Waals surface area contributed by atoms with Crippen LogP contribution in [0.3, 0.4) is 0 Å². The highest BCUT2D eigenvalue weighted by Gasteiger charge is 1.93. The van der Waals surface area contributed by atoms with E-state index in [0.717, 1.165) is 11.1 Å². The van der Waals surface area contributed by atoms with Crippen molar-refractivity contribution in [2.45, 2.75) is 6.92 Å². The van der Waals surface area contributed by atoms with Gasteiger partial charge in [0.2, 0.25) is 0 Å². The minimum absolute atomic E-state index is 0.682. The molecule has 0 atom stereocenters. The van der Waals surface area contributed by atoms with Gasteiger partial charge in [-0.1, -0.05) is 85.0 Å². The van der Waals surface area contributed by atoms with Gasteiger partial charge in [0.15, 0.2) is 0 Å². The molecule has 0 aliphatic carbocycles. The zero-order valence-corrected chi connectivity index (χ0v) is 14.2. The van der Waals surface area contributed by atoms with E-state index in [1.165, 1.54) is 16.7 Å². The second kappa shape index (κ2) is 7.95. The van der Waals surface area contributed by atoms with E-state index in [0.29, 0.717) is 5.56 Å². The Morgan fingerprint density at radius 2 is 1.12 bits per heavy atom. The molecule has 0 spiro atoms. The molecule has 0 amide bonds. The minimum Gasteiger partial charge on any atom is -0.192 e. The summed E-state index contributed by atoms with van der Waals surface area (Å²) in [5.41, 5.74) is 6.62. The number of aryl methyl sites for hydroxylation is 1. The quantitative estimate of drug-likeness (QED) is 0.524. The van der Waals surface area contributed by atoms with Crippen molar-refractivity contribution in [3.8, 4) is 6.07 Å². The summed E-state index contributed by atoms with van der Waals surface area (Å²) in [5, 5.41) is 8.82. The molecular weight excluding hydrogens is 302 g/mol. The Bertz CT molecular complexity index is 937. The van der Waals surface area contributed by atoms with Crippen LogP contribution in [0.25, 0.3) is 24.3 Å². The lowest BCUT2D eigenvalue weighted by atomic mass is 10.1. The smallest absolute Gasteiger partial charge is 0.0991 e. The van der Waals surface area contributed by atoms with Crippen LogP contribution in [-0.2, 0) is 0 Å². The average molecular weight is 321 g/mol. The van der Waals surface area contributed by atoms with E-state index in [1.807, 2.05) is 24.3 Å². The maximum Gasteiger partial charge on any atom is 0.0991 e. The van der Waals surface area contributed by atoms with Gasteiger partial charge in [0, 0.05) is 0 Å². The van der Waals surface area contributed by atoms with Gasteiger partial charge in [-0.3, -0.25) is 0 Å². The van der Waals surface area contributed by atoms with E-state index in [2.05, 4.69) is 85.8 Å². The summed E-state index contributed by atoms with van der Waals surface area (Å²) in [5.74, 6) is 0. The van der Waals surface area contributed by atoms with Gasteiger partial charge in [-0.15, -0.1) is 0 Å². The van der Waals surface area contributed by atoms with Crippen molar-refractivity contribution >= 4 is 24.3 Å². The van der Waals surface area contributed by atoms with Crippen LogP contribution in [0.5, 0.6) is 0 Å². The Labute approximate surface area is 149 Å². The molecule has 0 aliphatic heterocycles. The van der Waals surface area contributed by atoms with Gasteiger partial charge < -0.3 is 0 Å². The number of nitrogens with zero attached hydrogens (tertiary/aromatic N) is 1. The van der Waals surface area contributed by atoms with Gasteiger partial charge in [0.1, 0.15) is 0 Å². The molecule has 0 bridgehead atoms. The van der Waals surface area contributed by atoms with Crippen molar-refractivity contribution in [1.82, 2.24) is 0 Å². The third-order valence-electron chi connectivity index (χ3n) is 4.09. The molecule has 0 aromatic heterocycles. The molecule has 3 rings (SSSR count). The molecule has 1 heteroatoms. The van der Waals surface area contributed by atoms with Crippen LogP contribution < -0.4 is 0 Å². The van der Waals surface area contributed by atoms with Crippen LogP contribution in [0.1, 0.15) is 33.4 Å². The molecule has 120 valence electrons. The number of nitriles is 1. The maximum atomic E-state index is 8.82. The van der Waals surface area contributed by atoms with Gasteiger partial charge in [0.25, 0.3) is 0 Å². The fourth-order valence-electron chi connectivity index (χ4n) is 2.54. The fraction of sp³-hybridized carbons (Fsp3) is 0.0417. The second-order valence-corrected chi connectivity index (χ2v) is 5.92. The molecule has 0 unspecified atom stereocenters. The summed E-state index contributed by atoms with van der Waals surface area (Å²) in [6, 6.07) is 26.5. The van der Waals surface area contributed by atoms with Gasteiger partial charge >= 0.3 is 0 Å². The average Bonchev–Trinajstić information content (AvgIpc) is 2.67. The zero-order valence-electron chi connectivity index (χ0n) is 14.2. The van der Waals surface area contributed by atoms with Gasteiger partial charge in [-0.2, -0.15) is 5.26 Å². The molecule has 0 saturated carbocycles. The van der Waals surface area contributed by atoms with Gasteiger partial charge in [-0.25, -0.2) is 0 Å². The molecule has 0 aliphatic rings. The normalized spacial score (nSPS) is 11.0. The summed E-state index contributed by atoms with van der Waals surface area (Å²) in [4.78, 5) is 0. The van der Waals surface area contributed by atoms with Crippen molar-refractivity contribution < 1.29 is 0 Å². The number of hydrogen-bond acceptors (Lipinski definition) is 1. The SMILES string of the molecule is Cc1ccccc1C=Cc1ccc(C=Cc2ccc(C#N)cc2)cc1. The topological polar surface area (TPSA) is 23.8 Å². The summed E-state index contributed by atoms with van der Waals surface area (Å²) >= 11 is 0. The van der Waals surface area contributed by atoms with Crippen molar-refractivity contribution in [2.24, 2.45) is 0 Å². The van der Waals surface area contributed by atoms with Crippen LogP contribution in [0.2, 0.25) is 0 Å². The molecule has 1 nitrogen and oxygen atoms in total. The summed E-state index contributed by atoms with van der Waals surface area (Å²) < 4.78 is 0. The van der Waals surface area contributed by atoms with E-state index >= 15 is 0 Å². The Morgan fingerprint density at radius 1 is 0.640 bits per heavy atom. The van der Waals surface area contributed by atoms with Crippen molar-refractivity contribution in [3.05, 3.63) is 106 Å².